The molecular weight excluding hydrogens is 214 g/mol. The van der Waals surface area contributed by atoms with Crippen LogP contribution < -0.4 is 5.32 Å². The molecule has 0 spiro atoms. The summed E-state index contributed by atoms with van der Waals surface area (Å²) < 4.78 is 0. The maximum Gasteiger partial charge on any atom is 0.0300 e. The van der Waals surface area contributed by atoms with E-state index >= 15 is 0 Å². The van der Waals surface area contributed by atoms with Crippen LogP contribution >= 0.6 is 11.3 Å². The van der Waals surface area contributed by atoms with Gasteiger partial charge in [0.25, 0.3) is 0 Å². The van der Waals surface area contributed by atoms with Crippen LogP contribution in [0.3, 0.4) is 0 Å². The quantitative estimate of drug-likeness (QED) is 0.793. The first-order chi connectivity index (χ1) is 7.66. The van der Waals surface area contributed by atoms with Gasteiger partial charge in [-0.1, -0.05) is 20.8 Å². The Morgan fingerprint density at radius 1 is 1.31 bits per heavy atom. The Bertz CT molecular complexity index is 336. The van der Waals surface area contributed by atoms with Gasteiger partial charge < -0.3 is 5.32 Å². The van der Waals surface area contributed by atoms with Crippen molar-refractivity contribution in [2.45, 2.75) is 46.6 Å². The Hall–Kier alpha value is -0.340. The van der Waals surface area contributed by atoms with E-state index in [2.05, 4.69) is 38.2 Å². The Balaban J connectivity index is 1.76. The molecule has 0 atom stereocenters. The molecule has 1 aromatic rings. The first kappa shape index (κ1) is 12.1. The van der Waals surface area contributed by atoms with Gasteiger partial charge in [-0.15, -0.1) is 11.3 Å². The van der Waals surface area contributed by atoms with E-state index in [-0.39, 0.29) is 0 Å². The van der Waals surface area contributed by atoms with Crippen molar-refractivity contribution < 1.29 is 0 Å². The molecule has 1 heterocycles. The van der Waals surface area contributed by atoms with Crippen molar-refractivity contribution in [1.29, 1.82) is 0 Å². The SMILES string of the molecule is CCc1ccc(CNCC2(C(C)C)CC2)s1. The number of aryl methyl sites for hydroxylation is 1. The number of rotatable bonds is 6. The van der Waals surface area contributed by atoms with Gasteiger partial charge in [0, 0.05) is 22.8 Å². The van der Waals surface area contributed by atoms with Gasteiger partial charge >= 0.3 is 0 Å². The zero-order valence-electron chi connectivity index (χ0n) is 10.7. The van der Waals surface area contributed by atoms with Gasteiger partial charge in [0.05, 0.1) is 0 Å². The monoisotopic (exact) mass is 237 g/mol. The molecule has 0 amide bonds. The maximum atomic E-state index is 3.63. The average Bonchev–Trinajstić information content (AvgIpc) is 2.91. The van der Waals surface area contributed by atoms with Crippen LogP contribution in [-0.2, 0) is 13.0 Å². The molecule has 0 bridgehead atoms. The lowest BCUT2D eigenvalue weighted by atomic mass is 9.92. The van der Waals surface area contributed by atoms with Crippen LogP contribution in [0.15, 0.2) is 12.1 Å². The Labute approximate surface area is 103 Å². The normalized spacial score (nSPS) is 18.0. The molecule has 1 N–H and O–H groups in total. The Kier molecular flexibility index (Phi) is 3.70. The summed E-state index contributed by atoms with van der Waals surface area (Å²) in [5.41, 5.74) is 0.630. The van der Waals surface area contributed by atoms with Crippen LogP contribution in [0.5, 0.6) is 0 Å². The summed E-state index contributed by atoms with van der Waals surface area (Å²) >= 11 is 1.95. The minimum Gasteiger partial charge on any atom is -0.311 e. The summed E-state index contributed by atoms with van der Waals surface area (Å²) in [5, 5.41) is 3.63. The molecule has 1 aromatic heterocycles. The van der Waals surface area contributed by atoms with Gasteiger partial charge in [-0.05, 0) is 42.7 Å². The second kappa shape index (κ2) is 4.89. The molecule has 1 aliphatic carbocycles. The van der Waals surface area contributed by atoms with E-state index in [0.717, 1.165) is 12.5 Å². The molecule has 0 aromatic carbocycles. The maximum absolute atomic E-state index is 3.63. The van der Waals surface area contributed by atoms with E-state index in [1.54, 1.807) is 0 Å². The number of thiophene rings is 1. The lowest BCUT2D eigenvalue weighted by Gasteiger charge is -2.19. The second-order valence-corrected chi connectivity index (χ2v) is 6.60. The molecule has 0 saturated heterocycles. The fourth-order valence-corrected chi connectivity index (χ4v) is 3.19. The van der Waals surface area contributed by atoms with E-state index in [9.17, 15) is 0 Å². The summed E-state index contributed by atoms with van der Waals surface area (Å²) in [7, 11) is 0. The highest BCUT2D eigenvalue weighted by atomic mass is 32.1. The van der Waals surface area contributed by atoms with Crippen molar-refractivity contribution in [3.63, 3.8) is 0 Å². The van der Waals surface area contributed by atoms with Gasteiger partial charge in [0.2, 0.25) is 0 Å². The van der Waals surface area contributed by atoms with Gasteiger partial charge in [0.1, 0.15) is 0 Å². The van der Waals surface area contributed by atoms with Crippen LogP contribution in [0.4, 0.5) is 0 Å². The molecule has 0 radical (unpaired) electrons. The first-order valence-electron chi connectivity index (χ1n) is 6.44. The molecule has 1 aliphatic rings. The van der Waals surface area contributed by atoms with Crippen LogP contribution in [0.1, 0.15) is 43.4 Å². The first-order valence-corrected chi connectivity index (χ1v) is 7.26. The topological polar surface area (TPSA) is 12.0 Å². The molecular formula is C14H23NS. The van der Waals surface area contributed by atoms with Gasteiger partial charge in [-0.3, -0.25) is 0 Å². The molecule has 16 heavy (non-hydrogen) atoms. The Morgan fingerprint density at radius 2 is 2.00 bits per heavy atom. The van der Waals surface area contributed by atoms with Crippen LogP contribution in [0, 0.1) is 11.3 Å². The molecule has 0 unspecified atom stereocenters. The van der Waals surface area contributed by atoms with E-state index < -0.39 is 0 Å². The summed E-state index contributed by atoms with van der Waals surface area (Å²) in [4.78, 5) is 2.98. The standard InChI is InChI=1S/C14H23NS/c1-4-12-5-6-13(16-12)9-15-10-14(7-8-14)11(2)3/h5-6,11,15H,4,7-10H2,1-3H3. The summed E-state index contributed by atoms with van der Waals surface area (Å²) in [6.45, 7) is 9.19. The second-order valence-electron chi connectivity index (χ2n) is 5.34. The fraction of sp³-hybridized carbons (Fsp3) is 0.714. The predicted molar refractivity (Wildman–Crippen MR) is 71.9 cm³/mol. The molecule has 1 saturated carbocycles. The van der Waals surface area contributed by atoms with Gasteiger partial charge in [-0.25, -0.2) is 0 Å². The summed E-state index contributed by atoms with van der Waals surface area (Å²) in [6.07, 6.45) is 4.01. The van der Waals surface area contributed by atoms with Crippen molar-refractivity contribution >= 4 is 11.3 Å². The summed E-state index contributed by atoms with van der Waals surface area (Å²) in [5.74, 6) is 0.828. The lowest BCUT2D eigenvalue weighted by molar-refractivity contribution is 0.338. The van der Waals surface area contributed by atoms with Crippen LogP contribution in [-0.4, -0.2) is 6.54 Å². The average molecular weight is 237 g/mol. The van der Waals surface area contributed by atoms with Crippen molar-refractivity contribution in [3.8, 4) is 0 Å². The molecule has 1 fully saturated rings. The predicted octanol–water partition coefficient (Wildman–Crippen LogP) is 3.84. The Morgan fingerprint density at radius 3 is 2.50 bits per heavy atom. The zero-order chi connectivity index (χ0) is 11.6. The molecule has 2 rings (SSSR count). The third-order valence-electron chi connectivity index (χ3n) is 3.96. The highest BCUT2D eigenvalue weighted by molar-refractivity contribution is 7.11. The van der Waals surface area contributed by atoms with Crippen LogP contribution in [0.25, 0.3) is 0 Å². The van der Waals surface area contributed by atoms with E-state index in [1.165, 1.54) is 35.6 Å². The van der Waals surface area contributed by atoms with Crippen molar-refractivity contribution in [3.05, 3.63) is 21.9 Å². The lowest BCUT2D eigenvalue weighted by Crippen LogP contribution is -2.26. The third kappa shape index (κ3) is 2.67. The van der Waals surface area contributed by atoms with Crippen LogP contribution in [0.2, 0.25) is 0 Å². The third-order valence-corrected chi connectivity index (χ3v) is 5.19. The highest BCUT2D eigenvalue weighted by Crippen LogP contribution is 2.51. The van der Waals surface area contributed by atoms with Gasteiger partial charge in [0.15, 0.2) is 0 Å². The van der Waals surface area contributed by atoms with Gasteiger partial charge in [-0.2, -0.15) is 0 Å². The molecule has 1 nitrogen and oxygen atoms in total. The van der Waals surface area contributed by atoms with Crippen molar-refractivity contribution in [1.82, 2.24) is 5.32 Å². The molecule has 0 aliphatic heterocycles. The van der Waals surface area contributed by atoms with E-state index in [0.29, 0.717) is 5.41 Å². The molecule has 2 heteroatoms. The largest absolute Gasteiger partial charge is 0.311 e. The zero-order valence-corrected chi connectivity index (χ0v) is 11.5. The summed E-state index contributed by atoms with van der Waals surface area (Å²) in [6, 6.07) is 4.53. The van der Waals surface area contributed by atoms with E-state index in [4.69, 9.17) is 0 Å². The van der Waals surface area contributed by atoms with Crippen molar-refractivity contribution in [2.75, 3.05) is 6.54 Å². The number of hydrogen-bond acceptors (Lipinski definition) is 2. The minimum atomic E-state index is 0.630. The highest BCUT2D eigenvalue weighted by Gasteiger charge is 2.44. The number of nitrogens with one attached hydrogen (secondary N) is 1. The molecule has 90 valence electrons. The van der Waals surface area contributed by atoms with Crippen molar-refractivity contribution in [2.24, 2.45) is 11.3 Å². The smallest absolute Gasteiger partial charge is 0.0300 e. The number of hydrogen-bond donors (Lipinski definition) is 1. The van der Waals surface area contributed by atoms with E-state index in [1.807, 2.05) is 11.3 Å². The fourth-order valence-electron chi connectivity index (χ4n) is 2.26. The minimum absolute atomic E-state index is 0.630.